The summed E-state index contributed by atoms with van der Waals surface area (Å²) in [4.78, 5) is 4.14. The highest BCUT2D eigenvalue weighted by Crippen LogP contribution is 2.25. The largest absolute Gasteiger partial charge is 0.264 e. The maximum atomic E-state index is 14.0. The third-order valence-corrected chi connectivity index (χ3v) is 5.92. The van der Waals surface area contributed by atoms with Gasteiger partial charge in [-0.3, -0.25) is 14.3 Å². The first-order valence-corrected chi connectivity index (χ1v) is 10.2. The van der Waals surface area contributed by atoms with E-state index in [-0.39, 0.29) is 17.9 Å². The number of halogens is 1. The number of rotatable bonds is 6. The smallest absolute Gasteiger partial charge is 0.146 e. The minimum Gasteiger partial charge on any atom is -0.264 e. The average molecular weight is 412 g/mol. The molecule has 4 heterocycles. The van der Waals surface area contributed by atoms with Crippen molar-refractivity contribution < 1.29 is 4.39 Å². The Hall–Kier alpha value is -2.94. The van der Waals surface area contributed by atoms with Crippen LogP contribution in [0.2, 0.25) is 0 Å². The van der Waals surface area contributed by atoms with Gasteiger partial charge in [0, 0.05) is 24.5 Å². The number of hydrogen-bond acceptors (Lipinski definition) is 6. The van der Waals surface area contributed by atoms with Crippen LogP contribution in [-0.4, -0.2) is 34.7 Å². The van der Waals surface area contributed by atoms with E-state index in [0.29, 0.717) is 12.1 Å². The molecule has 0 amide bonds. The molecule has 7 nitrogen and oxygen atoms in total. The van der Waals surface area contributed by atoms with Gasteiger partial charge in [-0.1, -0.05) is 11.3 Å². The second-order valence-electron chi connectivity index (χ2n) is 7.09. The summed E-state index contributed by atoms with van der Waals surface area (Å²) < 4.78 is 17.7. The summed E-state index contributed by atoms with van der Waals surface area (Å²) in [5.41, 5.74) is 3.32. The molecule has 0 fully saturated rings. The Balaban J connectivity index is 1.49. The molecule has 4 rings (SSSR count). The first kappa shape index (κ1) is 19.4. The average Bonchev–Trinajstić information content (AvgIpc) is 3.42. The van der Waals surface area contributed by atoms with Crippen LogP contribution in [0, 0.1) is 19.7 Å². The third-order valence-electron chi connectivity index (χ3n) is 4.83. The first-order chi connectivity index (χ1) is 13.9. The zero-order valence-corrected chi connectivity index (χ0v) is 17.6. The minimum absolute atomic E-state index is 0.0275. The Labute approximate surface area is 172 Å². The Kier molecular flexibility index (Phi) is 5.23. The highest BCUT2D eigenvalue weighted by molar-refractivity contribution is 7.11. The van der Waals surface area contributed by atoms with Gasteiger partial charge in [0.2, 0.25) is 0 Å². The Morgan fingerprint density at radius 1 is 1.10 bits per heavy atom. The molecule has 0 saturated heterocycles. The highest BCUT2D eigenvalue weighted by Gasteiger charge is 2.18. The number of nitrogens with zero attached hydrogens (tertiary/aromatic N) is 7. The molecule has 0 spiro atoms. The first-order valence-electron chi connectivity index (χ1n) is 9.42. The molecular formula is C20H22FN7S. The monoisotopic (exact) mass is 411 g/mol. The molecule has 0 aliphatic rings. The maximum Gasteiger partial charge on any atom is 0.146 e. The van der Waals surface area contributed by atoms with Crippen molar-refractivity contribution in [1.29, 1.82) is 0 Å². The SMILES string of the molecule is Cc1cc(C)n(C(C)c2nnc(Cc3ccn(C(C)c4ncccc4F)n3)s2)n1. The zero-order chi connectivity index (χ0) is 20.5. The van der Waals surface area contributed by atoms with Crippen molar-refractivity contribution >= 4 is 11.3 Å². The Morgan fingerprint density at radius 2 is 1.93 bits per heavy atom. The van der Waals surface area contributed by atoms with Crippen molar-refractivity contribution in [1.82, 2.24) is 34.7 Å². The quantitative estimate of drug-likeness (QED) is 0.481. The molecule has 0 aliphatic carbocycles. The molecule has 2 unspecified atom stereocenters. The molecule has 0 aromatic carbocycles. The lowest BCUT2D eigenvalue weighted by atomic mass is 10.2. The summed E-state index contributed by atoms with van der Waals surface area (Å²) >= 11 is 1.56. The van der Waals surface area contributed by atoms with Crippen molar-refractivity contribution in [3.05, 3.63) is 75.3 Å². The summed E-state index contributed by atoms with van der Waals surface area (Å²) in [6, 6.07) is 6.70. The second-order valence-corrected chi connectivity index (χ2v) is 8.19. The predicted octanol–water partition coefficient (Wildman–Crippen LogP) is 3.89. The molecule has 0 bridgehead atoms. The Morgan fingerprint density at radius 3 is 2.66 bits per heavy atom. The van der Waals surface area contributed by atoms with Gasteiger partial charge in [0.25, 0.3) is 0 Å². The van der Waals surface area contributed by atoms with Gasteiger partial charge in [-0.15, -0.1) is 10.2 Å². The number of hydrogen-bond donors (Lipinski definition) is 0. The minimum atomic E-state index is -0.330. The maximum absolute atomic E-state index is 14.0. The lowest BCUT2D eigenvalue weighted by Crippen LogP contribution is -2.11. The molecule has 0 radical (unpaired) electrons. The van der Waals surface area contributed by atoms with Crippen LogP contribution in [0.3, 0.4) is 0 Å². The zero-order valence-electron chi connectivity index (χ0n) is 16.7. The van der Waals surface area contributed by atoms with Crippen molar-refractivity contribution in [3.63, 3.8) is 0 Å². The van der Waals surface area contributed by atoms with Crippen LogP contribution in [0.5, 0.6) is 0 Å². The van der Waals surface area contributed by atoms with E-state index in [4.69, 9.17) is 0 Å². The molecule has 9 heteroatoms. The number of aryl methyl sites for hydroxylation is 2. The van der Waals surface area contributed by atoms with E-state index >= 15 is 0 Å². The van der Waals surface area contributed by atoms with Gasteiger partial charge in [-0.05, 0) is 52.0 Å². The van der Waals surface area contributed by atoms with Crippen LogP contribution in [0.25, 0.3) is 0 Å². The molecule has 4 aromatic rings. The van der Waals surface area contributed by atoms with E-state index in [2.05, 4.69) is 38.4 Å². The molecule has 4 aromatic heterocycles. The molecule has 2 atom stereocenters. The van der Waals surface area contributed by atoms with E-state index in [9.17, 15) is 4.39 Å². The summed E-state index contributed by atoms with van der Waals surface area (Å²) in [5, 5.41) is 19.6. The predicted molar refractivity (Wildman–Crippen MR) is 108 cm³/mol. The van der Waals surface area contributed by atoms with Crippen LogP contribution >= 0.6 is 11.3 Å². The van der Waals surface area contributed by atoms with Crippen LogP contribution in [0.15, 0.2) is 36.7 Å². The van der Waals surface area contributed by atoms with E-state index in [1.165, 1.54) is 6.07 Å². The molecule has 29 heavy (non-hydrogen) atoms. The van der Waals surface area contributed by atoms with Gasteiger partial charge in [-0.2, -0.15) is 10.2 Å². The van der Waals surface area contributed by atoms with E-state index in [1.807, 2.05) is 37.7 Å². The fraction of sp³-hybridized carbons (Fsp3) is 0.350. The fourth-order valence-corrected chi connectivity index (χ4v) is 4.22. The van der Waals surface area contributed by atoms with Crippen molar-refractivity contribution in [3.8, 4) is 0 Å². The van der Waals surface area contributed by atoms with Gasteiger partial charge in [-0.25, -0.2) is 4.39 Å². The molecular weight excluding hydrogens is 389 g/mol. The van der Waals surface area contributed by atoms with Crippen LogP contribution in [-0.2, 0) is 6.42 Å². The van der Waals surface area contributed by atoms with Gasteiger partial charge >= 0.3 is 0 Å². The summed E-state index contributed by atoms with van der Waals surface area (Å²) in [6.45, 7) is 7.97. The topological polar surface area (TPSA) is 74.3 Å². The van der Waals surface area contributed by atoms with Crippen LogP contribution in [0.4, 0.5) is 4.39 Å². The van der Waals surface area contributed by atoms with Gasteiger partial charge in [0.15, 0.2) is 0 Å². The van der Waals surface area contributed by atoms with Crippen molar-refractivity contribution in [2.45, 2.75) is 46.2 Å². The van der Waals surface area contributed by atoms with Gasteiger partial charge in [0.05, 0.1) is 17.4 Å². The molecule has 150 valence electrons. The van der Waals surface area contributed by atoms with E-state index in [0.717, 1.165) is 27.1 Å². The van der Waals surface area contributed by atoms with Crippen LogP contribution in [0.1, 0.15) is 58.7 Å². The Bertz CT molecular complexity index is 1130. The van der Waals surface area contributed by atoms with E-state index in [1.54, 1.807) is 28.3 Å². The molecule has 0 N–H and O–H groups in total. The normalized spacial score (nSPS) is 13.6. The lowest BCUT2D eigenvalue weighted by Gasteiger charge is -2.12. The highest BCUT2D eigenvalue weighted by atomic mass is 32.1. The molecule has 0 aliphatic heterocycles. The summed E-state index contributed by atoms with van der Waals surface area (Å²) in [6.07, 6.45) is 4.01. The molecule has 0 saturated carbocycles. The number of pyridine rings is 1. The fourth-order valence-electron chi connectivity index (χ4n) is 3.32. The summed E-state index contributed by atoms with van der Waals surface area (Å²) in [7, 11) is 0. The number of aromatic nitrogens is 7. The van der Waals surface area contributed by atoms with Crippen molar-refractivity contribution in [2.75, 3.05) is 0 Å². The third kappa shape index (κ3) is 3.95. The van der Waals surface area contributed by atoms with Gasteiger partial charge < -0.3 is 0 Å². The lowest BCUT2D eigenvalue weighted by molar-refractivity contribution is 0.502. The standard InChI is InChI=1S/C20H22FN7S/c1-12-10-13(2)28(25-12)15(4)20-24-23-18(29-20)11-16-7-9-27(26-16)14(3)19-17(21)6-5-8-22-19/h5-10,14-15H,11H2,1-4H3. The summed E-state index contributed by atoms with van der Waals surface area (Å²) in [5.74, 6) is -0.330. The second kappa shape index (κ2) is 7.82. The van der Waals surface area contributed by atoms with E-state index < -0.39 is 0 Å². The van der Waals surface area contributed by atoms with Gasteiger partial charge in [0.1, 0.15) is 27.6 Å². The van der Waals surface area contributed by atoms with Crippen LogP contribution < -0.4 is 0 Å². The van der Waals surface area contributed by atoms with Crippen molar-refractivity contribution in [2.24, 2.45) is 0 Å².